The van der Waals surface area contributed by atoms with E-state index in [1.165, 1.54) is 11.8 Å². The summed E-state index contributed by atoms with van der Waals surface area (Å²) >= 11 is 0. The molecule has 0 spiro atoms. The van der Waals surface area contributed by atoms with Gasteiger partial charge in [-0.15, -0.1) is 0 Å². The summed E-state index contributed by atoms with van der Waals surface area (Å²) in [7, 11) is 0. The lowest BCUT2D eigenvalue weighted by Crippen LogP contribution is -2.39. The van der Waals surface area contributed by atoms with E-state index in [0.29, 0.717) is 13.1 Å². The average Bonchev–Trinajstić information content (AvgIpc) is 2.54. The Hall–Kier alpha value is -2.69. The molecule has 2 aromatic rings. The highest BCUT2D eigenvalue weighted by atomic mass is 16.2. The summed E-state index contributed by atoms with van der Waals surface area (Å²) in [6.45, 7) is 4.27. The van der Waals surface area contributed by atoms with Crippen LogP contribution < -0.4 is 5.32 Å². The number of hydrogen-bond acceptors (Lipinski definition) is 3. The van der Waals surface area contributed by atoms with Crippen molar-refractivity contribution in [3.05, 3.63) is 65.5 Å². The van der Waals surface area contributed by atoms with Gasteiger partial charge in [0.05, 0.1) is 18.8 Å². The molecule has 5 nitrogen and oxygen atoms in total. The molecule has 2 amide bonds. The van der Waals surface area contributed by atoms with Crippen molar-refractivity contribution < 1.29 is 9.59 Å². The van der Waals surface area contributed by atoms with E-state index < -0.39 is 0 Å². The number of nitrogens with one attached hydrogen (secondary N) is 1. The Morgan fingerprint density at radius 1 is 1.13 bits per heavy atom. The molecule has 1 aromatic carbocycles. The third kappa shape index (κ3) is 5.21. The highest BCUT2D eigenvalue weighted by Gasteiger charge is 2.14. The van der Waals surface area contributed by atoms with Crippen LogP contribution in [0.5, 0.6) is 0 Å². The molecule has 0 radical (unpaired) electrons. The van der Waals surface area contributed by atoms with Crippen molar-refractivity contribution in [2.24, 2.45) is 0 Å². The van der Waals surface area contributed by atoms with Crippen LogP contribution in [0.15, 0.2) is 48.7 Å². The Kier molecular flexibility index (Phi) is 5.86. The Bertz CT molecular complexity index is 671. The van der Waals surface area contributed by atoms with Gasteiger partial charge >= 0.3 is 0 Å². The van der Waals surface area contributed by atoms with Crippen molar-refractivity contribution in [1.82, 2.24) is 15.2 Å². The minimum atomic E-state index is -0.181. The monoisotopic (exact) mass is 311 g/mol. The molecule has 2 rings (SSSR count). The first kappa shape index (κ1) is 16.7. The molecule has 0 fully saturated rings. The number of aromatic nitrogens is 1. The fourth-order valence-corrected chi connectivity index (χ4v) is 2.20. The predicted molar refractivity (Wildman–Crippen MR) is 88.4 cm³/mol. The molecule has 1 N–H and O–H groups in total. The lowest BCUT2D eigenvalue weighted by Gasteiger charge is -2.20. The summed E-state index contributed by atoms with van der Waals surface area (Å²) in [5.41, 5.74) is 2.96. The van der Waals surface area contributed by atoms with E-state index >= 15 is 0 Å². The van der Waals surface area contributed by atoms with Gasteiger partial charge in [-0.2, -0.15) is 0 Å². The van der Waals surface area contributed by atoms with Gasteiger partial charge in [-0.3, -0.25) is 14.6 Å². The largest absolute Gasteiger partial charge is 0.350 e. The topological polar surface area (TPSA) is 62.3 Å². The molecule has 0 aliphatic rings. The number of aryl methyl sites for hydroxylation is 1. The van der Waals surface area contributed by atoms with Crippen LogP contribution in [0.4, 0.5) is 0 Å². The highest BCUT2D eigenvalue weighted by molar-refractivity contribution is 5.83. The van der Waals surface area contributed by atoms with Gasteiger partial charge in [-0.25, -0.2) is 0 Å². The second kappa shape index (κ2) is 8.08. The highest BCUT2D eigenvalue weighted by Crippen LogP contribution is 2.06. The maximum Gasteiger partial charge on any atom is 0.239 e. The van der Waals surface area contributed by atoms with Crippen LogP contribution in [-0.4, -0.2) is 28.2 Å². The third-order valence-electron chi connectivity index (χ3n) is 3.60. The van der Waals surface area contributed by atoms with Gasteiger partial charge < -0.3 is 10.2 Å². The van der Waals surface area contributed by atoms with Crippen LogP contribution in [0, 0.1) is 6.92 Å². The summed E-state index contributed by atoms with van der Waals surface area (Å²) in [6.07, 6.45) is 1.67. The number of nitrogens with zero attached hydrogens (tertiary/aromatic N) is 2. The van der Waals surface area contributed by atoms with E-state index in [4.69, 9.17) is 0 Å². The third-order valence-corrected chi connectivity index (χ3v) is 3.60. The van der Waals surface area contributed by atoms with Crippen molar-refractivity contribution in [2.45, 2.75) is 26.9 Å². The number of rotatable bonds is 6. The number of hydrogen-bond donors (Lipinski definition) is 1. The van der Waals surface area contributed by atoms with E-state index in [1.807, 2.05) is 49.4 Å². The lowest BCUT2D eigenvalue weighted by atomic mass is 10.1. The van der Waals surface area contributed by atoms with Crippen LogP contribution in [0.3, 0.4) is 0 Å². The number of benzene rings is 1. The molecule has 0 bridgehead atoms. The fourth-order valence-electron chi connectivity index (χ4n) is 2.20. The molecule has 0 saturated carbocycles. The van der Waals surface area contributed by atoms with Gasteiger partial charge in [0.25, 0.3) is 0 Å². The maximum atomic E-state index is 12.1. The SMILES string of the molecule is CC(=O)N(CC(=O)NCc1ccccc1C)Cc1ccccn1. The van der Waals surface area contributed by atoms with Crippen LogP contribution in [0.1, 0.15) is 23.7 Å². The van der Waals surface area contributed by atoms with Crippen molar-refractivity contribution in [3.63, 3.8) is 0 Å². The van der Waals surface area contributed by atoms with E-state index in [2.05, 4.69) is 10.3 Å². The minimum Gasteiger partial charge on any atom is -0.350 e. The molecule has 0 saturated heterocycles. The van der Waals surface area contributed by atoms with Crippen LogP contribution in [0.25, 0.3) is 0 Å². The molecule has 0 aliphatic carbocycles. The summed E-state index contributed by atoms with van der Waals surface area (Å²) in [5.74, 6) is -0.332. The molecule has 0 unspecified atom stereocenters. The standard InChI is InChI=1S/C18H21N3O2/c1-14-7-3-4-8-16(14)11-20-18(23)13-21(15(2)22)12-17-9-5-6-10-19-17/h3-10H,11-13H2,1-2H3,(H,20,23). The predicted octanol–water partition coefficient (Wildman–Crippen LogP) is 2.05. The lowest BCUT2D eigenvalue weighted by molar-refractivity contribution is -0.135. The number of carbonyl (C=O) groups excluding carboxylic acids is 2. The molecule has 0 atom stereocenters. The van der Waals surface area contributed by atoms with Crippen LogP contribution in [-0.2, 0) is 22.7 Å². The van der Waals surface area contributed by atoms with Gasteiger partial charge in [0.1, 0.15) is 0 Å². The molecule has 1 heterocycles. The van der Waals surface area contributed by atoms with E-state index in [1.54, 1.807) is 6.20 Å². The van der Waals surface area contributed by atoms with Gasteiger partial charge in [-0.1, -0.05) is 30.3 Å². The summed E-state index contributed by atoms with van der Waals surface area (Å²) < 4.78 is 0. The first-order chi connectivity index (χ1) is 11.1. The number of carbonyl (C=O) groups is 2. The van der Waals surface area contributed by atoms with E-state index in [-0.39, 0.29) is 18.4 Å². The normalized spacial score (nSPS) is 10.2. The molecular weight excluding hydrogens is 290 g/mol. The second-order valence-electron chi connectivity index (χ2n) is 5.40. The molecule has 23 heavy (non-hydrogen) atoms. The zero-order valence-electron chi connectivity index (χ0n) is 13.5. The van der Waals surface area contributed by atoms with E-state index in [0.717, 1.165) is 16.8 Å². The Labute approximate surface area is 136 Å². The molecule has 0 aliphatic heterocycles. The maximum absolute atomic E-state index is 12.1. The molecule has 120 valence electrons. The summed E-state index contributed by atoms with van der Waals surface area (Å²) in [6, 6.07) is 13.4. The van der Waals surface area contributed by atoms with Crippen molar-refractivity contribution in [2.75, 3.05) is 6.54 Å². The summed E-state index contributed by atoms with van der Waals surface area (Å²) in [5, 5.41) is 2.86. The number of amides is 2. The fraction of sp³-hybridized carbons (Fsp3) is 0.278. The zero-order valence-corrected chi connectivity index (χ0v) is 13.5. The first-order valence-electron chi connectivity index (χ1n) is 7.53. The second-order valence-corrected chi connectivity index (χ2v) is 5.40. The van der Waals surface area contributed by atoms with Gasteiger partial charge in [0.15, 0.2) is 0 Å². The Morgan fingerprint density at radius 2 is 1.87 bits per heavy atom. The molecule has 5 heteroatoms. The zero-order chi connectivity index (χ0) is 16.7. The molecule has 1 aromatic heterocycles. The van der Waals surface area contributed by atoms with Crippen LogP contribution in [0.2, 0.25) is 0 Å². The first-order valence-corrected chi connectivity index (χ1v) is 7.53. The van der Waals surface area contributed by atoms with Crippen molar-refractivity contribution in [3.8, 4) is 0 Å². The smallest absolute Gasteiger partial charge is 0.239 e. The van der Waals surface area contributed by atoms with Crippen molar-refractivity contribution >= 4 is 11.8 Å². The summed E-state index contributed by atoms with van der Waals surface area (Å²) in [4.78, 5) is 29.5. The Balaban J connectivity index is 1.91. The number of pyridine rings is 1. The molecular formula is C18H21N3O2. The Morgan fingerprint density at radius 3 is 2.52 bits per heavy atom. The van der Waals surface area contributed by atoms with Gasteiger partial charge in [0, 0.05) is 19.7 Å². The van der Waals surface area contributed by atoms with Gasteiger partial charge in [0.2, 0.25) is 11.8 Å². The average molecular weight is 311 g/mol. The van der Waals surface area contributed by atoms with E-state index in [9.17, 15) is 9.59 Å². The quantitative estimate of drug-likeness (QED) is 0.888. The van der Waals surface area contributed by atoms with Gasteiger partial charge in [-0.05, 0) is 30.2 Å². The van der Waals surface area contributed by atoms with Crippen LogP contribution >= 0.6 is 0 Å². The van der Waals surface area contributed by atoms with Crippen molar-refractivity contribution in [1.29, 1.82) is 0 Å². The minimum absolute atomic E-state index is 0.0256.